The van der Waals surface area contributed by atoms with Crippen molar-refractivity contribution in [2.24, 2.45) is 0 Å². The molecule has 2 aromatic rings. The number of carbonyl (C=O) groups is 4. The topological polar surface area (TPSA) is 117 Å². The first-order valence-corrected chi connectivity index (χ1v) is 9.78. The predicted molar refractivity (Wildman–Crippen MR) is 115 cm³/mol. The first-order chi connectivity index (χ1) is 14.9. The Labute approximate surface area is 179 Å². The zero-order valence-corrected chi connectivity index (χ0v) is 17.3. The average molecular weight is 424 g/mol. The van der Waals surface area contributed by atoms with Crippen molar-refractivity contribution < 1.29 is 23.9 Å². The Morgan fingerprint density at radius 3 is 2.52 bits per heavy atom. The van der Waals surface area contributed by atoms with E-state index in [2.05, 4.69) is 16.0 Å². The van der Waals surface area contributed by atoms with E-state index >= 15 is 0 Å². The Morgan fingerprint density at radius 1 is 1.10 bits per heavy atom. The first-order valence-electron chi connectivity index (χ1n) is 9.78. The molecule has 1 heterocycles. The van der Waals surface area contributed by atoms with E-state index < -0.39 is 23.9 Å². The largest absolute Gasteiger partial charge is 0.495 e. The van der Waals surface area contributed by atoms with Gasteiger partial charge in [0, 0.05) is 19.2 Å². The fourth-order valence-electron chi connectivity index (χ4n) is 3.29. The number of nitrogens with one attached hydrogen (secondary N) is 3. The van der Waals surface area contributed by atoms with Gasteiger partial charge in [0.25, 0.3) is 5.91 Å². The number of ether oxygens (including phenoxy) is 1. The Hall–Kier alpha value is -3.88. The normalized spacial score (nSPS) is 15.4. The van der Waals surface area contributed by atoms with Crippen LogP contribution in [0.5, 0.6) is 5.75 Å². The highest BCUT2D eigenvalue weighted by molar-refractivity contribution is 6.07. The van der Waals surface area contributed by atoms with Gasteiger partial charge in [0.2, 0.25) is 11.8 Å². The molecule has 3 rings (SSSR count). The summed E-state index contributed by atoms with van der Waals surface area (Å²) in [6.07, 6.45) is 0.311. The molecule has 1 saturated heterocycles. The number of urea groups is 1. The van der Waals surface area contributed by atoms with E-state index in [0.29, 0.717) is 23.5 Å². The summed E-state index contributed by atoms with van der Waals surface area (Å²) in [7, 11) is 1.45. The summed E-state index contributed by atoms with van der Waals surface area (Å²) in [6, 6.07) is 12.9. The Bertz CT molecular complexity index is 993. The van der Waals surface area contributed by atoms with Gasteiger partial charge in [-0.05, 0) is 30.2 Å². The second kappa shape index (κ2) is 9.75. The fraction of sp³-hybridized carbons (Fsp3) is 0.273. The lowest BCUT2D eigenvalue weighted by Gasteiger charge is -2.14. The Kier molecular flexibility index (Phi) is 6.86. The second-order valence-corrected chi connectivity index (χ2v) is 7.08. The lowest BCUT2D eigenvalue weighted by Crippen LogP contribution is -2.35. The maximum absolute atomic E-state index is 12.6. The minimum atomic E-state index is -0.937. The van der Waals surface area contributed by atoms with Crippen LogP contribution in [-0.2, 0) is 20.8 Å². The minimum absolute atomic E-state index is 0.222. The quantitative estimate of drug-likeness (QED) is 0.562. The Morgan fingerprint density at radius 2 is 1.84 bits per heavy atom. The van der Waals surface area contributed by atoms with Crippen LogP contribution in [0.25, 0.3) is 0 Å². The summed E-state index contributed by atoms with van der Waals surface area (Å²) >= 11 is 0. The van der Waals surface area contributed by atoms with Crippen molar-refractivity contribution in [1.29, 1.82) is 0 Å². The number of benzene rings is 2. The van der Waals surface area contributed by atoms with Gasteiger partial charge in [-0.2, -0.15) is 0 Å². The number of hydrogen-bond acceptors (Lipinski definition) is 5. The number of amides is 5. The van der Waals surface area contributed by atoms with E-state index in [4.69, 9.17) is 4.74 Å². The molecular weight excluding hydrogens is 400 g/mol. The van der Waals surface area contributed by atoms with Crippen LogP contribution >= 0.6 is 0 Å². The fourth-order valence-corrected chi connectivity index (χ4v) is 3.29. The van der Waals surface area contributed by atoms with E-state index in [1.54, 1.807) is 18.2 Å². The first kappa shape index (κ1) is 21.8. The molecule has 1 atom stereocenters. The molecule has 0 bridgehead atoms. The Balaban J connectivity index is 1.61. The van der Waals surface area contributed by atoms with Gasteiger partial charge in [0.05, 0.1) is 19.2 Å². The summed E-state index contributed by atoms with van der Waals surface area (Å²) in [6.45, 7) is 1.61. The van der Waals surface area contributed by atoms with Gasteiger partial charge >= 0.3 is 6.03 Å². The van der Waals surface area contributed by atoms with E-state index in [1.807, 2.05) is 30.3 Å². The molecule has 162 valence electrons. The zero-order valence-electron chi connectivity index (χ0n) is 17.3. The second-order valence-electron chi connectivity index (χ2n) is 7.08. The van der Waals surface area contributed by atoms with Gasteiger partial charge < -0.3 is 20.7 Å². The van der Waals surface area contributed by atoms with Crippen LogP contribution in [0.2, 0.25) is 0 Å². The van der Waals surface area contributed by atoms with Crippen molar-refractivity contribution in [3.63, 3.8) is 0 Å². The number of imide groups is 1. The summed E-state index contributed by atoms with van der Waals surface area (Å²) in [5.74, 6) is -0.761. The van der Waals surface area contributed by atoms with Gasteiger partial charge in [-0.1, -0.05) is 30.3 Å². The number of carbonyl (C=O) groups excluding carboxylic acids is 4. The van der Waals surface area contributed by atoms with E-state index in [-0.39, 0.29) is 18.9 Å². The number of rotatable bonds is 8. The standard InChI is InChI=1S/C22H24N4O5/c1-14(27)23-16-8-9-19(31-2)17(12-16)24-20(28)13-18-21(29)26(22(30)25-18)11-10-15-6-4-3-5-7-15/h3-9,12,18H,10-11,13H2,1-2H3,(H,23,27)(H,24,28)(H,25,30). The van der Waals surface area contributed by atoms with Gasteiger partial charge in [0.15, 0.2) is 0 Å². The summed E-state index contributed by atoms with van der Waals surface area (Å²) in [4.78, 5) is 49.7. The number of nitrogens with zero attached hydrogens (tertiary/aromatic N) is 1. The lowest BCUT2D eigenvalue weighted by atomic mass is 10.1. The van der Waals surface area contributed by atoms with Gasteiger partial charge in [-0.3, -0.25) is 19.3 Å². The van der Waals surface area contributed by atoms with E-state index in [0.717, 1.165) is 10.5 Å². The molecule has 0 spiro atoms. The van der Waals surface area contributed by atoms with Gasteiger partial charge in [-0.25, -0.2) is 4.79 Å². The molecule has 0 saturated carbocycles. The van der Waals surface area contributed by atoms with Crippen LogP contribution in [0.3, 0.4) is 0 Å². The lowest BCUT2D eigenvalue weighted by molar-refractivity contribution is -0.129. The predicted octanol–water partition coefficient (Wildman–Crippen LogP) is 2.15. The van der Waals surface area contributed by atoms with Gasteiger partial charge in [0.1, 0.15) is 11.8 Å². The molecule has 1 aliphatic rings. The van der Waals surface area contributed by atoms with Crippen LogP contribution in [0.15, 0.2) is 48.5 Å². The SMILES string of the molecule is COc1ccc(NC(C)=O)cc1NC(=O)CC1NC(=O)N(CCc2ccccc2)C1=O. The molecule has 1 fully saturated rings. The third kappa shape index (κ3) is 5.59. The molecule has 31 heavy (non-hydrogen) atoms. The van der Waals surface area contributed by atoms with Crippen molar-refractivity contribution in [1.82, 2.24) is 10.2 Å². The maximum atomic E-state index is 12.6. The van der Waals surface area contributed by atoms with Crippen LogP contribution in [0.1, 0.15) is 18.9 Å². The highest BCUT2D eigenvalue weighted by Gasteiger charge is 2.38. The summed E-state index contributed by atoms with van der Waals surface area (Å²) in [5, 5.41) is 7.86. The molecule has 3 N–H and O–H groups in total. The van der Waals surface area contributed by atoms with Gasteiger partial charge in [-0.15, -0.1) is 0 Å². The summed E-state index contributed by atoms with van der Waals surface area (Å²) in [5.41, 5.74) is 1.84. The third-order valence-electron chi connectivity index (χ3n) is 4.76. The van der Waals surface area contributed by atoms with Crippen molar-refractivity contribution >= 4 is 35.1 Å². The summed E-state index contributed by atoms with van der Waals surface area (Å²) < 4.78 is 5.23. The maximum Gasteiger partial charge on any atom is 0.324 e. The highest BCUT2D eigenvalue weighted by atomic mass is 16.5. The molecule has 1 unspecified atom stereocenters. The van der Waals surface area contributed by atoms with Crippen molar-refractivity contribution in [2.75, 3.05) is 24.3 Å². The van der Waals surface area contributed by atoms with Crippen molar-refractivity contribution in [3.05, 3.63) is 54.1 Å². The smallest absolute Gasteiger partial charge is 0.324 e. The molecule has 0 radical (unpaired) electrons. The zero-order chi connectivity index (χ0) is 22.4. The van der Waals surface area contributed by atoms with E-state index in [9.17, 15) is 19.2 Å². The molecule has 1 aliphatic heterocycles. The third-order valence-corrected chi connectivity index (χ3v) is 4.76. The van der Waals surface area contributed by atoms with E-state index in [1.165, 1.54) is 14.0 Å². The number of hydrogen-bond donors (Lipinski definition) is 3. The number of methoxy groups -OCH3 is 1. The van der Waals surface area contributed by atoms with Crippen LogP contribution in [-0.4, -0.2) is 48.3 Å². The minimum Gasteiger partial charge on any atom is -0.495 e. The molecule has 0 aromatic heterocycles. The monoisotopic (exact) mass is 424 g/mol. The molecular formula is C22H24N4O5. The molecule has 5 amide bonds. The number of anilines is 2. The molecule has 9 heteroatoms. The highest BCUT2D eigenvalue weighted by Crippen LogP contribution is 2.28. The van der Waals surface area contributed by atoms with Crippen molar-refractivity contribution in [2.45, 2.75) is 25.8 Å². The van der Waals surface area contributed by atoms with Crippen LogP contribution in [0, 0.1) is 0 Å². The van der Waals surface area contributed by atoms with Crippen LogP contribution in [0.4, 0.5) is 16.2 Å². The van der Waals surface area contributed by atoms with Crippen LogP contribution < -0.4 is 20.7 Å². The molecule has 0 aliphatic carbocycles. The van der Waals surface area contributed by atoms with Crippen molar-refractivity contribution in [3.8, 4) is 5.75 Å². The molecule has 9 nitrogen and oxygen atoms in total. The average Bonchev–Trinajstić information content (AvgIpc) is 2.99. The molecule has 2 aromatic carbocycles.